The highest BCUT2D eigenvalue weighted by Crippen LogP contribution is 2.31. The molecule has 0 aliphatic carbocycles. The fourth-order valence-electron chi connectivity index (χ4n) is 2.82. The minimum absolute atomic E-state index is 0.0881. The maximum atomic E-state index is 14.1. The molecule has 1 saturated heterocycles. The van der Waals surface area contributed by atoms with Crippen LogP contribution in [0.1, 0.15) is 12.5 Å². The van der Waals surface area contributed by atoms with Crippen LogP contribution < -0.4 is 10.6 Å². The molecular weight excluding hydrogens is 382 g/mol. The van der Waals surface area contributed by atoms with Crippen LogP contribution in [0.2, 0.25) is 0 Å². The van der Waals surface area contributed by atoms with Gasteiger partial charge in [-0.05, 0) is 37.3 Å². The molecule has 2 N–H and O–H groups in total. The van der Waals surface area contributed by atoms with Gasteiger partial charge in [0.1, 0.15) is 23.7 Å². The summed E-state index contributed by atoms with van der Waals surface area (Å²) in [5.74, 6) is -5.87. The Morgan fingerprint density at radius 3 is 2.39 bits per heavy atom. The van der Waals surface area contributed by atoms with Gasteiger partial charge in [0.15, 0.2) is 11.6 Å². The largest absolute Gasteiger partial charge is 0.325 e. The molecule has 1 fully saturated rings. The van der Waals surface area contributed by atoms with E-state index in [1.807, 2.05) is 0 Å². The Morgan fingerprint density at radius 2 is 1.71 bits per heavy atom. The highest BCUT2D eigenvalue weighted by Gasteiger charge is 2.50. The fourth-order valence-corrected chi connectivity index (χ4v) is 2.82. The Kier molecular flexibility index (Phi) is 4.80. The van der Waals surface area contributed by atoms with E-state index in [-0.39, 0.29) is 5.69 Å². The number of hydrogen-bond acceptors (Lipinski definition) is 3. The number of halogens is 4. The predicted molar refractivity (Wildman–Crippen MR) is 88.9 cm³/mol. The van der Waals surface area contributed by atoms with Crippen molar-refractivity contribution in [3.63, 3.8) is 0 Å². The van der Waals surface area contributed by atoms with Crippen molar-refractivity contribution < 1.29 is 31.9 Å². The van der Waals surface area contributed by atoms with Crippen LogP contribution in [0.15, 0.2) is 36.4 Å². The van der Waals surface area contributed by atoms with Gasteiger partial charge in [0.25, 0.3) is 5.91 Å². The molecule has 6 nitrogen and oxygen atoms in total. The topological polar surface area (TPSA) is 78.5 Å². The summed E-state index contributed by atoms with van der Waals surface area (Å²) >= 11 is 0. The quantitative estimate of drug-likeness (QED) is 0.617. The number of nitrogens with one attached hydrogen (secondary N) is 2. The van der Waals surface area contributed by atoms with Crippen molar-refractivity contribution in [2.45, 2.75) is 12.5 Å². The van der Waals surface area contributed by atoms with Crippen LogP contribution in [0.25, 0.3) is 0 Å². The van der Waals surface area contributed by atoms with Gasteiger partial charge < -0.3 is 10.6 Å². The van der Waals surface area contributed by atoms with E-state index < -0.39 is 58.8 Å². The molecule has 1 atom stereocenters. The zero-order valence-electron chi connectivity index (χ0n) is 14.4. The van der Waals surface area contributed by atoms with E-state index in [0.717, 1.165) is 36.4 Å². The van der Waals surface area contributed by atoms with Crippen molar-refractivity contribution in [1.82, 2.24) is 10.2 Å². The average molecular weight is 395 g/mol. The second-order valence-electron chi connectivity index (χ2n) is 6.25. The van der Waals surface area contributed by atoms with Crippen LogP contribution in [-0.2, 0) is 15.1 Å². The predicted octanol–water partition coefficient (Wildman–Crippen LogP) is 2.65. The Bertz CT molecular complexity index is 998. The zero-order valence-corrected chi connectivity index (χ0v) is 14.4. The summed E-state index contributed by atoms with van der Waals surface area (Å²) in [6, 6.07) is 4.07. The van der Waals surface area contributed by atoms with Crippen molar-refractivity contribution in [1.29, 1.82) is 0 Å². The molecule has 1 aliphatic rings. The summed E-state index contributed by atoms with van der Waals surface area (Å²) in [6.45, 7) is 0.411. The first-order chi connectivity index (χ1) is 13.1. The number of imide groups is 1. The second-order valence-corrected chi connectivity index (χ2v) is 6.25. The molecular formula is C18H13F4N3O3. The number of hydrogen-bond donors (Lipinski definition) is 2. The van der Waals surface area contributed by atoms with E-state index in [9.17, 15) is 31.9 Å². The van der Waals surface area contributed by atoms with Gasteiger partial charge in [0.2, 0.25) is 5.91 Å². The van der Waals surface area contributed by atoms with E-state index in [1.165, 1.54) is 6.92 Å². The van der Waals surface area contributed by atoms with Gasteiger partial charge in [-0.2, -0.15) is 0 Å². The number of anilines is 1. The van der Waals surface area contributed by atoms with Gasteiger partial charge in [-0.1, -0.05) is 0 Å². The zero-order chi connectivity index (χ0) is 20.6. The lowest BCUT2D eigenvalue weighted by molar-refractivity contribution is -0.133. The van der Waals surface area contributed by atoms with Crippen LogP contribution in [0, 0.1) is 23.3 Å². The average Bonchev–Trinajstić information content (AvgIpc) is 2.84. The van der Waals surface area contributed by atoms with Crippen molar-refractivity contribution in [2.24, 2.45) is 0 Å². The minimum Gasteiger partial charge on any atom is -0.324 e. The molecule has 0 saturated carbocycles. The monoisotopic (exact) mass is 395 g/mol. The van der Waals surface area contributed by atoms with E-state index in [1.54, 1.807) is 0 Å². The third kappa shape index (κ3) is 3.40. The molecule has 28 heavy (non-hydrogen) atoms. The number of nitrogens with zero attached hydrogens (tertiary/aromatic N) is 1. The number of carbonyl (C=O) groups excluding carboxylic acids is 3. The minimum atomic E-state index is -1.91. The van der Waals surface area contributed by atoms with Crippen LogP contribution in [0.5, 0.6) is 0 Å². The molecule has 10 heteroatoms. The summed E-state index contributed by atoms with van der Waals surface area (Å²) in [5.41, 5.74) is -2.39. The molecule has 0 spiro atoms. The van der Waals surface area contributed by atoms with E-state index in [4.69, 9.17) is 0 Å². The molecule has 1 heterocycles. The van der Waals surface area contributed by atoms with E-state index in [0.29, 0.717) is 4.90 Å². The standard InChI is InChI=1S/C18H13F4N3O3/c1-18(11-6-9(19)2-4-12(11)20)16(27)25(17(28)24-18)8-15(26)23-10-3-5-13(21)14(22)7-10/h2-7H,8H2,1H3,(H,23,26)(H,24,28)/t18-/m1/s1. The van der Waals surface area contributed by atoms with Crippen molar-refractivity contribution >= 4 is 23.5 Å². The van der Waals surface area contributed by atoms with Crippen molar-refractivity contribution in [2.75, 3.05) is 11.9 Å². The van der Waals surface area contributed by atoms with Crippen LogP contribution in [0.4, 0.5) is 28.0 Å². The molecule has 3 rings (SSSR count). The van der Waals surface area contributed by atoms with E-state index >= 15 is 0 Å². The van der Waals surface area contributed by atoms with Crippen LogP contribution in [-0.4, -0.2) is 29.3 Å². The maximum absolute atomic E-state index is 14.1. The van der Waals surface area contributed by atoms with Gasteiger partial charge >= 0.3 is 6.03 Å². The second kappa shape index (κ2) is 6.95. The summed E-state index contributed by atoms with van der Waals surface area (Å²) in [7, 11) is 0. The third-order valence-corrected chi connectivity index (χ3v) is 4.25. The summed E-state index contributed by atoms with van der Waals surface area (Å²) in [5, 5.41) is 4.45. The maximum Gasteiger partial charge on any atom is 0.325 e. The normalized spacial score (nSPS) is 19.0. The number of amides is 4. The molecule has 0 bridgehead atoms. The van der Waals surface area contributed by atoms with E-state index in [2.05, 4.69) is 10.6 Å². The first kappa shape index (κ1) is 19.3. The highest BCUT2D eigenvalue weighted by molar-refractivity contribution is 6.10. The molecule has 0 radical (unpaired) electrons. The molecule has 1 aliphatic heterocycles. The fraction of sp³-hybridized carbons (Fsp3) is 0.167. The number of rotatable bonds is 4. The first-order valence-corrected chi connectivity index (χ1v) is 7.96. The summed E-state index contributed by atoms with van der Waals surface area (Å²) in [4.78, 5) is 37.4. The van der Waals surface area contributed by atoms with Gasteiger partial charge in [-0.3, -0.25) is 14.5 Å². The molecule has 146 valence electrons. The van der Waals surface area contributed by atoms with Crippen molar-refractivity contribution in [3.05, 3.63) is 65.2 Å². The van der Waals surface area contributed by atoms with Gasteiger partial charge in [-0.15, -0.1) is 0 Å². The number of carbonyl (C=O) groups is 3. The number of benzene rings is 2. The highest BCUT2D eigenvalue weighted by atomic mass is 19.2. The first-order valence-electron chi connectivity index (χ1n) is 7.96. The van der Waals surface area contributed by atoms with Crippen LogP contribution in [0.3, 0.4) is 0 Å². The molecule has 0 unspecified atom stereocenters. The summed E-state index contributed by atoms with van der Waals surface area (Å²) < 4.78 is 53.7. The lowest BCUT2D eigenvalue weighted by Crippen LogP contribution is -2.42. The molecule has 0 aromatic heterocycles. The Balaban J connectivity index is 1.79. The van der Waals surface area contributed by atoms with Gasteiger partial charge in [-0.25, -0.2) is 22.4 Å². The van der Waals surface area contributed by atoms with Crippen LogP contribution >= 0.6 is 0 Å². The Labute approximate surface area is 156 Å². The summed E-state index contributed by atoms with van der Waals surface area (Å²) in [6.07, 6.45) is 0. The molecule has 2 aromatic rings. The molecule has 2 aromatic carbocycles. The third-order valence-electron chi connectivity index (χ3n) is 4.25. The lowest BCUT2D eigenvalue weighted by atomic mass is 9.91. The smallest absolute Gasteiger partial charge is 0.324 e. The Hall–Kier alpha value is -3.43. The van der Waals surface area contributed by atoms with Crippen molar-refractivity contribution in [3.8, 4) is 0 Å². The lowest BCUT2D eigenvalue weighted by Gasteiger charge is -2.22. The van der Waals surface area contributed by atoms with Gasteiger partial charge in [0.05, 0.1) is 0 Å². The SMILES string of the molecule is C[C@]1(c2cc(F)ccc2F)NC(=O)N(CC(=O)Nc2ccc(F)c(F)c2)C1=O. The van der Waals surface area contributed by atoms with Gasteiger partial charge in [0, 0.05) is 17.3 Å². The molecule has 4 amide bonds. The number of urea groups is 1. The Morgan fingerprint density at radius 1 is 1.04 bits per heavy atom.